The van der Waals surface area contributed by atoms with Crippen LogP contribution >= 0.6 is 22.9 Å². The van der Waals surface area contributed by atoms with E-state index >= 15 is 0 Å². The molecule has 8 rings (SSSR count). The monoisotopic (exact) mass is 895 g/mol. The Bertz CT molecular complexity index is 2180. The third-order valence-corrected chi connectivity index (χ3v) is 13.9. The Balaban J connectivity index is 1.10. The number of nitrogens with one attached hydrogen (secondary N) is 4. The number of aliphatic carboxylic acids is 1. The molecule has 9 atom stereocenters. The van der Waals surface area contributed by atoms with Crippen molar-refractivity contribution in [3.8, 4) is 22.9 Å². The van der Waals surface area contributed by atoms with Crippen molar-refractivity contribution in [2.75, 3.05) is 38.2 Å². The summed E-state index contributed by atoms with van der Waals surface area (Å²) in [6, 6.07) is 3.31. The average Bonchev–Trinajstić information content (AvgIpc) is 3.90. The van der Waals surface area contributed by atoms with Crippen LogP contribution in [0.3, 0.4) is 0 Å². The number of likely N-dealkylation sites (tertiary alicyclic amines) is 1. The molecule has 1 aromatic carbocycles. The molecule has 5 fully saturated rings. The molecule has 0 radical (unpaired) electrons. The highest BCUT2D eigenvalue weighted by Gasteiger charge is 2.61. The minimum Gasteiger partial charge on any atom is -0.490 e. The molecule has 5 aliphatic rings. The summed E-state index contributed by atoms with van der Waals surface area (Å²) in [5.74, 6) is -0.434. The van der Waals surface area contributed by atoms with Gasteiger partial charge in [0.1, 0.15) is 58.7 Å². The molecule has 3 amide bonds. The van der Waals surface area contributed by atoms with Crippen LogP contribution in [0.1, 0.15) is 80.1 Å². The molecule has 2 aromatic heterocycles. The van der Waals surface area contributed by atoms with Gasteiger partial charge in [0.2, 0.25) is 11.8 Å². The molecule has 18 heteroatoms. The number of anilines is 1. The second-order valence-electron chi connectivity index (χ2n) is 18.9. The molecule has 3 saturated carbocycles. The number of carbonyl (C=O) groups excluding carboxylic acids is 3. The number of pyridine rings is 1. The molecule has 0 bridgehead atoms. The lowest BCUT2D eigenvalue weighted by atomic mass is 9.85. The minimum atomic E-state index is -1.42. The number of aromatic nitrogens is 2. The number of ether oxygens (including phenoxy) is 4. The number of hydrogen-bond donors (Lipinski definition) is 5. The number of carbonyl (C=O) groups is 4. The number of carboxylic acid groups (broad SMARTS) is 1. The van der Waals surface area contributed by atoms with E-state index in [0.717, 1.165) is 24.5 Å². The van der Waals surface area contributed by atoms with Gasteiger partial charge in [-0.2, -0.15) is 0 Å². The second-order valence-corrected chi connectivity index (χ2v) is 20.1. The Labute approximate surface area is 370 Å². The van der Waals surface area contributed by atoms with Crippen LogP contribution in [0.4, 0.5) is 9.93 Å². The highest BCUT2D eigenvalue weighted by Crippen LogP contribution is 2.52. The third kappa shape index (κ3) is 9.41. The highest BCUT2D eigenvalue weighted by atomic mass is 35.5. The number of nitrogens with zero attached hydrogens (tertiary/aromatic N) is 3. The van der Waals surface area contributed by atoms with Gasteiger partial charge in [-0.25, -0.2) is 19.6 Å². The predicted octanol–water partition coefficient (Wildman–Crippen LogP) is 5.86. The van der Waals surface area contributed by atoms with Crippen LogP contribution in [0.25, 0.3) is 22.3 Å². The number of amides is 3. The SMILES string of the molecule is CC[C@@H]1C[C@]1(NC(=O)[C@@H]1C[C@@H](Oc2cc(-c3csc(NC(C)C)n3)nc3c(Cl)c(OC[C@@H]4COCCN4)ccc23)CN1C(=O)[C@@H](NC(=O)OC1C[C@@H]2C[C@@H]2C1)C(C)(C)C)C(=O)O. The van der Waals surface area contributed by atoms with E-state index < -0.39 is 53.0 Å². The summed E-state index contributed by atoms with van der Waals surface area (Å²) in [7, 11) is 0. The number of hydrogen-bond acceptors (Lipinski definition) is 13. The number of rotatable bonds is 15. The van der Waals surface area contributed by atoms with Crippen LogP contribution in [-0.2, 0) is 23.9 Å². The number of alkyl carbamates (subject to hydrolysis) is 1. The van der Waals surface area contributed by atoms with Crippen LogP contribution < -0.4 is 30.7 Å². The van der Waals surface area contributed by atoms with E-state index in [2.05, 4.69) is 21.3 Å². The number of morpholine rings is 1. The van der Waals surface area contributed by atoms with E-state index in [1.165, 1.54) is 22.7 Å². The maximum atomic E-state index is 14.8. The zero-order chi connectivity index (χ0) is 44.1. The van der Waals surface area contributed by atoms with Gasteiger partial charge in [0, 0.05) is 35.8 Å². The van der Waals surface area contributed by atoms with Crippen LogP contribution in [-0.4, -0.2) is 119 Å². The van der Waals surface area contributed by atoms with E-state index in [1.54, 1.807) is 12.1 Å². The first kappa shape index (κ1) is 44.2. The lowest BCUT2D eigenvalue weighted by Crippen LogP contribution is -2.59. The van der Waals surface area contributed by atoms with Crippen molar-refractivity contribution >= 4 is 62.8 Å². The molecule has 16 nitrogen and oxygen atoms in total. The zero-order valence-electron chi connectivity index (χ0n) is 36.1. The molecule has 0 spiro atoms. The van der Waals surface area contributed by atoms with E-state index in [1.807, 2.05) is 53.0 Å². The summed E-state index contributed by atoms with van der Waals surface area (Å²) in [5.41, 5.74) is -0.722. The molecule has 3 aromatic rings. The Morgan fingerprint density at radius 3 is 2.52 bits per heavy atom. The minimum absolute atomic E-state index is 0.0107. The predicted molar refractivity (Wildman–Crippen MR) is 234 cm³/mol. The summed E-state index contributed by atoms with van der Waals surface area (Å²) in [6.45, 7) is 13.6. The number of benzene rings is 1. The van der Waals surface area contributed by atoms with Crippen molar-refractivity contribution in [3.05, 3.63) is 28.6 Å². The molecule has 3 aliphatic carbocycles. The topological polar surface area (TPSA) is 203 Å². The smallest absolute Gasteiger partial charge is 0.408 e. The van der Waals surface area contributed by atoms with Crippen molar-refractivity contribution in [3.63, 3.8) is 0 Å². The second kappa shape index (κ2) is 17.6. The fourth-order valence-electron chi connectivity index (χ4n) is 9.19. The fraction of sp³-hybridized carbons (Fsp3) is 0.636. The van der Waals surface area contributed by atoms with Crippen molar-refractivity contribution in [1.82, 2.24) is 30.8 Å². The van der Waals surface area contributed by atoms with Crippen molar-refractivity contribution in [2.45, 2.75) is 122 Å². The van der Waals surface area contributed by atoms with Crippen molar-refractivity contribution in [2.24, 2.45) is 23.2 Å². The molecule has 2 aliphatic heterocycles. The Hall–Kier alpha value is -4.45. The van der Waals surface area contributed by atoms with E-state index in [4.69, 9.17) is 40.5 Å². The zero-order valence-corrected chi connectivity index (χ0v) is 37.7. The van der Waals surface area contributed by atoms with E-state index in [9.17, 15) is 24.3 Å². The first-order valence-corrected chi connectivity index (χ1v) is 23.1. The van der Waals surface area contributed by atoms with Gasteiger partial charge in [-0.05, 0) is 74.8 Å². The lowest BCUT2D eigenvalue weighted by molar-refractivity contribution is -0.146. The highest BCUT2D eigenvalue weighted by molar-refractivity contribution is 7.14. The van der Waals surface area contributed by atoms with Gasteiger partial charge in [-0.3, -0.25) is 9.59 Å². The summed E-state index contributed by atoms with van der Waals surface area (Å²) in [4.78, 5) is 66.2. The number of carboxylic acids is 1. The van der Waals surface area contributed by atoms with Gasteiger partial charge in [0.25, 0.3) is 0 Å². The van der Waals surface area contributed by atoms with Crippen LogP contribution in [0.15, 0.2) is 23.6 Å². The van der Waals surface area contributed by atoms with Crippen molar-refractivity contribution in [1.29, 1.82) is 0 Å². The van der Waals surface area contributed by atoms with Gasteiger partial charge in [0.05, 0.1) is 37.0 Å². The van der Waals surface area contributed by atoms with Crippen LogP contribution in [0.2, 0.25) is 5.02 Å². The van der Waals surface area contributed by atoms with Crippen LogP contribution in [0.5, 0.6) is 11.5 Å². The Kier molecular flexibility index (Phi) is 12.5. The largest absolute Gasteiger partial charge is 0.490 e. The van der Waals surface area contributed by atoms with E-state index in [-0.39, 0.29) is 42.1 Å². The van der Waals surface area contributed by atoms with Gasteiger partial charge in [-0.15, -0.1) is 11.3 Å². The quantitative estimate of drug-likeness (QED) is 0.122. The lowest BCUT2D eigenvalue weighted by Gasteiger charge is -2.35. The van der Waals surface area contributed by atoms with Gasteiger partial charge < -0.3 is 50.2 Å². The summed E-state index contributed by atoms with van der Waals surface area (Å²) >= 11 is 8.52. The molecule has 1 unspecified atom stereocenters. The van der Waals surface area contributed by atoms with Gasteiger partial charge in [-0.1, -0.05) is 45.7 Å². The third-order valence-electron chi connectivity index (χ3n) is 12.8. The summed E-state index contributed by atoms with van der Waals surface area (Å²) < 4.78 is 24.4. The van der Waals surface area contributed by atoms with Crippen molar-refractivity contribution < 1.29 is 43.2 Å². The number of thiazole rings is 1. The normalized spacial score (nSPS) is 28.3. The maximum Gasteiger partial charge on any atom is 0.408 e. The van der Waals surface area contributed by atoms with Gasteiger partial charge in [0.15, 0.2) is 5.13 Å². The molecular formula is C44H58ClN7O9S. The standard InChI is InChI=1S/C44H58ClN7O9S/c1-7-25-17-44(25,40(55)56)51-38(53)32-15-28(18-52(32)39(54)37(43(4,5)6)50-42(57)61-27-13-23-12-24(23)14-27)60-34-16-30(31-21-62-41(49-31)47-22(2)3)48-36-29(34)8-9-33(35(36)45)59-20-26-19-58-11-10-46-26/h8-9,16,21-28,32,37,46H,7,10-15,17-20H2,1-6H3,(H,47,49)(H,50,57)(H,51,53)(H,55,56)/t23-,24+,25-,26+,27?,28-,32+,37-,44-/m1/s1. The maximum absolute atomic E-state index is 14.8. The number of fused-ring (bicyclic) bond motifs is 2. The van der Waals surface area contributed by atoms with Crippen LogP contribution in [0, 0.1) is 23.2 Å². The first-order valence-electron chi connectivity index (χ1n) is 21.8. The molecule has 5 N–H and O–H groups in total. The Morgan fingerprint density at radius 2 is 1.85 bits per heavy atom. The first-order chi connectivity index (χ1) is 29.5. The van der Waals surface area contributed by atoms with Gasteiger partial charge >= 0.3 is 12.1 Å². The molecule has 62 heavy (non-hydrogen) atoms. The molecular weight excluding hydrogens is 838 g/mol. The molecule has 2 saturated heterocycles. The average molecular weight is 897 g/mol. The Morgan fingerprint density at radius 1 is 1.08 bits per heavy atom. The number of halogens is 1. The molecule has 4 heterocycles. The summed E-state index contributed by atoms with van der Waals surface area (Å²) in [5, 5.41) is 26.0. The fourth-order valence-corrected chi connectivity index (χ4v) is 10.3. The molecule has 336 valence electrons. The van der Waals surface area contributed by atoms with E-state index in [0.29, 0.717) is 78.3 Å². The summed E-state index contributed by atoms with van der Waals surface area (Å²) in [6.07, 6.45) is 2.09.